The van der Waals surface area contributed by atoms with E-state index in [1.54, 1.807) is 29.2 Å². The molecular formula is C21H21N3O5. The van der Waals surface area contributed by atoms with Gasteiger partial charge in [-0.05, 0) is 35.9 Å². The fourth-order valence-electron chi connectivity index (χ4n) is 3.48. The van der Waals surface area contributed by atoms with Crippen molar-refractivity contribution in [3.63, 3.8) is 0 Å². The molecule has 1 unspecified atom stereocenters. The lowest BCUT2D eigenvalue weighted by molar-refractivity contribution is -0.128. The molecule has 1 fully saturated rings. The lowest BCUT2D eigenvalue weighted by Gasteiger charge is -2.17. The van der Waals surface area contributed by atoms with Gasteiger partial charge in [-0.3, -0.25) is 14.4 Å². The minimum absolute atomic E-state index is 0.0604. The summed E-state index contributed by atoms with van der Waals surface area (Å²) in [6, 6.07) is 12.5. The summed E-state index contributed by atoms with van der Waals surface area (Å²) in [5.41, 5.74) is 2.09. The van der Waals surface area contributed by atoms with E-state index < -0.39 is 5.92 Å². The van der Waals surface area contributed by atoms with E-state index in [9.17, 15) is 14.4 Å². The number of anilines is 2. The number of nitrogens with one attached hydrogen (secondary N) is 2. The van der Waals surface area contributed by atoms with Crippen molar-refractivity contribution < 1.29 is 23.9 Å². The molecule has 0 bridgehead atoms. The first-order valence-corrected chi connectivity index (χ1v) is 9.33. The molecule has 1 saturated heterocycles. The van der Waals surface area contributed by atoms with Gasteiger partial charge in [0.25, 0.3) is 0 Å². The van der Waals surface area contributed by atoms with E-state index in [0.717, 1.165) is 5.56 Å². The van der Waals surface area contributed by atoms with Crippen molar-refractivity contribution in [1.29, 1.82) is 0 Å². The van der Waals surface area contributed by atoms with Crippen molar-refractivity contribution >= 4 is 29.1 Å². The zero-order valence-corrected chi connectivity index (χ0v) is 15.9. The topological polar surface area (TPSA) is 97.0 Å². The fourth-order valence-corrected chi connectivity index (χ4v) is 3.48. The Balaban J connectivity index is 1.37. The lowest BCUT2D eigenvalue weighted by Crippen LogP contribution is -2.28. The quantitative estimate of drug-likeness (QED) is 0.810. The summed E-state index contributed by atoms with van der Waals surface area (Å²) in [5, 5.41) is 5.51. The SMILES string of the molecule is CC(=O)Nc1cccc(NC(=O)C2CC(=O)N(Cc3ccc4c(c3)OCO4)C2)c1. The Morgan fingerprint density at radius 2 is 1.83 bits per heavy atom. The second-order valence-electron chi connectivity index (χ2n) is 7.11. The molecule has 0 radical (unpaired) electrons. The highest BCUT2D eigenvalue weighted by Crippen LogP contribution is 2.33. The second-order valence-corrected chi connectivity index (χ2v) is 7.11. The Labute approximate surface area is 167 Å². The van der Waals surface area contributed by atoms with Gasteiger partial charge in [0.15, 0.2) is 11.5 Å². The van der Waals surface area contributed by atoms with E-state index in [2.05, 4.69) is 10.6 Å². The average Bonchev–Trinajstić information content (AvgIpc) is 3.28. The maximum atomic E-state index is 12.6. The fraction of sp³-hybridized carbons (Fsp3) is 0.286. The molecular weight excluding hydrogens is 374 g/mol. The van der Waals surface area contributed by atoms with Crippen LogP contribution in [-0.2, 0) is 20.9 Å². The molecule has 2 aromatic rings. The molecule has 3 amide bonds. The third-order valence-corrected chi connectivity index (χ3v) is 4.85. The van der Waals surface area contributed by atoms with Crippen LogP contribution in [-0.4, -0.2) is 36.0 Å². The number of likely N-dealkylation sites (tertiary alicyclic amines) is 1. The van der Waals surface area contributed by atoms with Crippen molar-refractivity contribution in [2.75, 3.05) is 24.0 Å². The highest BCUT2D eigenvalue weighted by Gasteiger charge is 2.34. The van der Waals surface area contributed by atoms with Crippen LogP contribution >= 0.6 is 0 Å². The number of carbonyl (C=O) groups excluding carboxylic acids is 3. The van der Waals surface area contributed by atoms with E-state index in [0.29, 0.717) is 36.0 Å². The van der Waals surface area contributed by atoms with Crippen molar-refractivity contribution in [2.45, 2.75) is 19.9 Å². The van der Waals surface area contributed by atoms with Crippen LogP contribution in [0.25, 0.3) is 0 Å². The summed E-state index contributed by atoms with van der Waals surface area (Å²) in [5.74, 6) is 0.471. The van der Waals surface area contributed by atoms with Gasteiger partial charge in [0, 0.05) is 37.8 Å². The minimum atomic E-state index is -0.430. The normalized spacial score (nSPS) is 17.3. The van der Waals surface area contributed by atoms with Crippen LogP contribution in [0.3, 0.4) is 0 Å². The smallest absolute Gasteiger partial charge is 0.231 e. The summed E-state index contributed by atoms with van der Waals surface area (Å²) < 4.78 is 10.7. The molecule has 0 spiro atoms. The van der Waals surface area contributed by atoms with Gasteiger partial charge in [-0.2, -0.15) is 0 Å². The number of hydrogen-bond donors (Lipinski definition) is 2. The highest BCUT2D eigenvalue weighted by atomic mass is 16.7. The van der Waals surface area contributed by atoms with E-state index in [1.807, 2.05) is 18.2 Å². The molecule has 2 aliphatic rings. The Morgan fingerprint density at radius 3 is 2.62 bits per heavy atom. The molecule has 0 aromatic heterocycles. The van der Waals surface area contributed by atoms with Crippen LogP contribution < -0.4 is 20.1 Å². The minimum Gasteiger partial charge on any atom is -0.454 e. The van der Waals surface area contributed by atoms with E-state index in [1.165, 1.54) is 6.92 Å². The predicted molar refractivity (Wildman–Crippen MR) is 105 cm³/mol. The summed E-state index contributed by atoms with van der Waals surface area (Å²) in [7, 11) is 0. The second kappa shape index (κ2) is 7.83. The molecule has 4 rings (SSSR count). The Bertz CT molecular complexity index is 975. The maximum absolute atomic E-state index is 12.6. The van der Waals surface area contributed by atoms with E-state index >= 15 is 0 Å². The predicted octanol–water partition coefficient (Wildman–Crippen LogP) is 2.36. The van der Waals surface area contributed by atoms with Gasteiger partial charge >= 0.3 is 0 Å². The number of amides is 3. The molecule has 8 heteroatoms. The van der Waals surface area contributed by atoms with Gasteiger partial charge in [0.1, 0.15) is 0 Å². The first-order chi connectivity index (χ1) is 14.0. The molecule has 150 valence electrons. The van der Waals surface area contributed by atoms with Gasteiger partial charge in [-0.1, -0.05) is 12.1 Å². The average molecular weight is 395 g/mol. The first-order valence-electron chi connectivity index (χ1n) is 9.33. The summed E-state index contributed by atoms with van der Waals surface area (Å²) in [6.45, 7) is 2.39. The number of fused-ring (bicyclic) bond motifs is 1. The van der Waals surface area contributed by atoms with Gasteiger partial charge in [0.05, 0.1) is 5.92 Å². The lowest BCUT2D eigenvalue weighted by atomic mass is 10.1. The van der Waals surface area contributed by atoms with Crippen LogP contribution in [0.15, 0.2) is 42.5 Å². The molecule has 8 nitrogen and oxygen atoms in total. The number of ether oxygens (including phenoxy) is 2. The van der Waals surface area contributed by atoms with Gasteiger partial charge in [-0.15, -0.1) is 0 Å². The Morgan fingerprint density at radius 1 is 1.07 bits per heavy atom. The zero-order chi connectivity index (χ0) is 20.4. The third kappa shape index (κ3) is 4.31. The van der Waals surface area contributed by atoms with Gasteiger partial charge in [-0.25, -0.2) is 0 Å². The number of benzene rings is 2. The third-order valence-electron chi connectivity index (χ3n) is 4.85. The van der Waals surface area contributed by atoms with Crippen LogP contribution in [0, 0.1) is 5.92 Å². The number of nitrogens with zero attached hydrogens (tertiary/aromatic N) is 1. The van der Waals surface area contributed by atoms with Crippen LogP contribution in [0.1, 0.15) is 18.9 Å². The monoisotopic (exact) mass is 395 g/mol. The van der Waals surface area contributed by atoms with Gasteiger partial charge < -0.3 is 25.0 Å². The van der Waals surface area contributed by atoms with Crippen molar-refractivity contribution in [2.24, 2.45) is 5.92 Å². The van der Waals surface area contributed by atoms with Crippen LogP contribution in [0.5, 0.6) is 11.5 Å². The first kappa shape index (κ1) is 18.8. The molecule has 2 aromatic carbocycles. The van der Waals surface area contributed by atoms with Crippen molar-refractivity contribution in [1.82, 2.24) is 4.90 Å². The molecule has 2 heterocycles. The number of rotatable bonds is 5. The molecule has 0 saturated carbocycles. The van der Waals surface area contributed by atoms with Crippen LogP contribution in [0.2, 0.25) is 0 Å². The number of carbonyl (C=O) groups is 3. The van der Waals surface area contributed by atoms with E-state index in [-0.39, 0.29) is 30.9 Å². The summed E-state index contributed by atoms with van der Waals surface area (Å²) >= 11 is 0. The van der Waals surface area contributed by atoms with Gasteiger partial charge in [0.2, 0.25) is 24.5 Å². The Kier molecular flexibility index (Phi) is 5.07. The molecule has 2 aliphatic heterocycles. The molecule has 29 heavy (non-hydrogen) atoms. The zero-order valence-electron chi connectivity index (χ0n) is 15.9. The Hall–Kier alpha value is -3.55. The molecule has 2 N–H and O–H groups in total. The standard InChI is InChI=1S/C21H21N3O5/c1-13(25)22-16-3-2-4-17(9-16)23-21(27)15-8-20(26)24(11-15)10-14-5-6-18-19(7-14)29-12-28-18/h2-7,9,15H,8,10-12H2,1H3,(H,22,25)(H,23,27). The van der Waals surface area contributed by atoms with Crippen molar-refractivity contribution in [3.8, 4) is 11.5 Å². The summed E-state index contributed by atoms with van der Waals surface area (Å²) in [4.78, 5) is 37.9. The van der Waals surface area contributed by atoms with Crippen molar-refractivity contribution in [3.05, 3.63) is 48.0 Å². The largest absolute Gasteiger partial charge is 0.454 e. The number of hydrogen-bond acceptors (Lipinski definition) is 5. The maximum Gasteiger partial charge on any atom is 0.231 e. The van der Waals surface area contributed by atoms with Crippen LogP contribution in [0.4, 0.5) is 11.4 Å². The highest BCUT2D eigenvalue weighted by molar-refractivity contribution is 5.98. The molecule has 0 aliphatic carbocycles. The molecule has 1 atom stereocenters. The van der Waals surface area contributed by atoms with E-state index in [4.69, 9.17) is 9.47 Å². The summed E-state index contributed by atoms with van der Waals surface area (Å²) in [6.07, 6.45) is 0.168.